The van der Waals surface area contributed by atoms with Crippen molar-refractivity contribution >= 4 is 6.29 Å². The number of rotatable bonds is 12. The molecule has 3 rings (SSSR count). The van der Waals surface area contributed by atoms with Crippen molar-refractivity contribution in [2.45, 2.75) is 95.1 Å². The zero-order valence-corrected chi connectivity index (χ0v) is 18.9. The van der Waals surface area contributed by atoms with Crippen molar-refractivity contribution in [3.05, 3.63) is 12.2 Å². The first-order chi connectivity index (χ1) is 15.2. The molecule has 7 unspecified atom stereocenters. The SMILES string of the molecule is COCCCC(C=CC1C(OC2CCCCO2)CC(O)C1CC=O)OC1CCCCO1. The van der Waals surface area contributed by atoms with E-state index in [-0.39, 0.29) is 36.6 Å². The average Bonchev–Trinajstić information content (AvgIpc) is 3.07. The van der Waals surface area contributed by atoms with Gasteiger partial charge in [-0.3, -0.25) is 0 Å². The molecule has 31 heavy (non-hydrogen) atoms. The molecule has 0 aromatic rings. The maximum Gasteiger partial charge on any atom is 0.158 e. The van der Waals surface area contributed by atoms with E-state index >= 15 is 0 Å². The number of ether oxygens (including phenoxy) is 5. The lowest BCUT2D eigenvalue weighted by Crippen LogP contribution is -2.31. The van der Waals surface area contributed by atoms with E-state index in [4.69, 9.17) is 23.7 Å². The molecule has 1 N–H and O–H groups in total. The minimum Gasteiger partial charge on any atom is -0.393 e. The van der Waals surface area contributed by atoms with Gasteiger partial charge in [0.1, 0.15) is 6.29 Å². The molecule has 0 spiro atoms. The van der Waals surface area contributed by atoms with Crippen LogP contribution in [0.15, 0.2) is 12.2 Å². The topological polar surface area (TPSA) is 83.5 Å². The van der Waals surface area contributed by atoms with Crippen LogP contribution in [0.5, 0.6) is 0 Å². The normalized spacial score (nSPS) is 35.4. The first-order valence-electron chi connectivity index (χ1n) is 12.0. The Kier molecular flexibility index (Phi) is 10.9. The van der Waals surface area contributed by atoms with Crippen LogP contribution in [0.1, 0.15) is 64.2 Å². The Bertz CT molecular complexity index is 528. The van der Waals surface area contributed by atoms with E-state index in [1.807, 2.05) is 0 Å². The predicted octanol–water partition coefficient (Wildman–Crippen LogP) is 3.38. The molecule has 0 radical (unpaired) electrons. The number of carbonyl (C=O) groups is 1. The summed E-state index contributed by atoms with van der Waals surface area (Å²) in [5.74, 6) is -0.195. The number of carbonyl (C=O) groups excluding carboxylic acids is 1. The van der Waals surface area contributed by atoms with E-state index in [1.54, 1.807) is 7.11 Å². The van der Waals surface area contributed by atoms with Crippen molar-refractivity contribution in [3.63, 3.8) is 0 Å². The van der Waals surface area contributed by atoms with Gasteiger partial charge in [-0.25, -0.2) is 0 Å². The second kappa shape index (κ2) is 13.7. The highest BCUT2D eigenvalue weighted by molar-refractivity contribution is 5.50. The molecular weight excluding hydrogens is 400 g/mol. The largest absolute Gasteiger partial charge is 0.393 e. The summed E-state index contributed by atoms with van der Waals surface area (Å²) in [7, 11) is 1.70. The number of hydrogen-bond donors (Lipinski definition) is 1. The van der Waals surface area contributed by atoms with Crippen LogP contribution in [-0.4, -0.2) is 69.2 Å². The van der Waals surface area contributed by atoms with Gasteiger partial charge < -0.3 is 33.6 Å². The molecular formula is C24H40O7. The van der Waals surface area contributed by atoms with Gasteiger partial charge in [0.25, 0.3) is 0 Å². The van der Waals surface area contributed by atoms with Crippen LogP contribution in [0.25, 0.3) is 0 Å². The van der Waals surface area contributed by atoms with E-state index in [0.717, 1.165) is 70.9 Å². The highest BCUT2D eigenvalue weighted by atomic mass is 16.7. The van der Waals surface area contributed by atoms with Crippen molar-refractivity contribution in [2.75, 3.05) is 26.9 Å². The Labute approximate surface area is 186 Å². The molecule has 7 atom stereocenters. The third kappa shape index (κ3) is 7.91. The van der Waals surface area contributed by atoms with E-state index in [1.165, 1.54) is 0 Å². The number of aldehydes is 1. The molecule has 7 heteroatoms. The van der Waals surface area contributed by atoms with Gasteiger partial charge in [0.15, 0.2) is 12.6 Å². The van der Waals surface area contributed by atoms with Crippen LogP contribution >= 0.6 is 0 Å². The van der Waals surface area contributed by atoms with Gasteiger partial charge in [-0.2, -0.15) is 0 Å². The lowest BCUT2D eigenvalue weighted by molar-refractivity contribution is -0.193. The van der Waals surface area contributed by atoms with Gasteiger partial charge in [0.05, 0.1) is 18.3 Å². The van der Waals surface area contributed by atoms with Crippen LogP contribution in [-0.2, 0) is 28.5 Å². The van der Waals surface area contributed by atoms with Crippen LogP contribution in [0.4, 0.5) is 0 Å². The highest BCUT2D eigenvalue weighted by Crippen LogP contribution is 2.39. The molecule has 178 valence electrons. The second-order valence-electron chi connectivity index (χ2n) is 8.91. The minimum absolute atomic E-state index is 0.0495. The van der Waals surface area contributed by atoms with E-state index < -0.39 is 6.10 Å². The molecule has 3 fully saturated rings. The summed E-state index contributed by atoms with van der Waals surface area (Å²) in [6, 6.07) is 0. The molecule has 0 aromatic carbocycles. The lowest BCUT2D eigenvalue weighted by Gasteiger charge is -2.29. The molecule has 7 nitrogen and oxygen atoms in total. The molecule has 0 amide bonds. The molecule has 1 saturated carbocycles. The summed E-state index contributed by atoms with van der Waals surface area (Å²) in [5.41, 5.74) is 0. The highest BCUT2D eigenvalue weighted by Gasteiger charge is 2.42. The maximum atomic E-state index is 11.3. The van der Waals surface area contributed by atoms with Crippen molar-refractivity contribution in [3.8, 4) is 0 Å². The van der Waals surface area contributed by atoms with Gasteiger partial charge >= 0.3 is 0 Å². The standard InChI is InChI=1S/C24H40O7/c1-27-14-6-7-18(30-23-8-2-4-15-28-23)10-11-20-19(12-13-25)21(26)17-22(20)31-24-9-3-5-16-29-24/h10-11,13,18-24,26H,2-9,12,14-17H2,1H3. The smallest absolute Gasteiger partial charge is 0.158 e. The Morgan fingerprint density at radius 3 is 2.48 bits per heavy atom. The van der Waals surface area contributed by atoms with Crippen LogP contribution in [0.3, 0.4) is 0 Å². The van der Waals surface area contributed by atoms with Gasteiger partial charge in [0, 0.05) is 51.6 Å². The molecule has 3 aliphatic rings. The Morgan fingerprint density at radius 2 is 1.84 bits per heavy atom. The average molecular weight is 441 g/mol. The zero-order chi connectivity index (χ0) is 21.9. The van der Waals surface area contributed by atoms with Gasteiger partial charge in [-0.15, -0.1) is 0 Å². The quantitative estimate of drug-likeness (QED) is 0.283. The number of hydrogen-bond acceptors (Lipinski definition) is 7. The van der Waals surface area contributed by atoms with Crippen LogP contribution in [0.2, 0.25) is 0 Å². The number of aliphatic hydroxyl groups is 1. The molecule has 0 bridgehead atoms. The zero-order valence-electron chi connectivity index (χ0n) is 18.9. The Hall–Kier alpha value is -0.830. The second-order valence-corrected chi connectivity index (χ2v) is 8.91. The molecule has 0 aromatic heterocycles. The summed E-state index contributed by atoms with van der Waals surface area (Å²) < 4.78 is 29.2. The van der Waals surface area contributed by atoms with E-state index in [9.17, 15) is 9.90 Å². The fourth-order valence-corrected chi connectivity index (χ4v) is 4.86. The lowest BCUT2D eigenvalue weighted by atomic mass is 9.90. The number of aliphatic hydroxyl groups excluding tert-OH is 1. The Morgan fingerprint density at radius 1 is 1.10 bits per heavy atom. The number of methoxy groups -OCH3 is 1. The monoisotopic (exact) mass is 440 g/mol. The molecule has 2 heterocycles. The summed E-state index contributed by atoms with van der Waals surface area (Å²) in [5, 5.41) is 10.6. The molecule has 2 saturated heterocycles. The summed E-state index contributed by atoms with van der Waals surface area (Å²) in [6.07, 6.45) is 12.6. The summed E-state index contributed by atoms with van der Waals surface area (Å²) in [4.78, 5) is 11.3. The summed E-state index contributed by atoms with van der Waals surface area (Å²) in [6.45, 7) is 2.14. The first-order valence-corrected chi connectivity index (χ1v) is 12.0. The third-order valence-electron chi connectivity index (χ3n) is 6.57. The van der Waals surface area contributed by atoms with E-state index in [0.29, 0.717) is 19.4 Å². The Balaban J connectivity index is 1.66. The fourth-order valence-electron chi connectivity index (χ4n) is 4.86. The van der Waals surface area contributed by atoms with Gasteiger partial charge in [-0.1, -0.05) is 12.2 Å². The minimum atomic E-state index is -0.553. The third-order valence-corrected chi connectivity index (χ3v) is 6.57. The molecule has 1 aliphatic carbocycles. The van der Waals surface area contributed by atoms with Gasteiger partial charge in [0.2, 0.25) is 0 Å². The van der Waals surface area contributed by atoms with Crippen LogP contribution < -0.4 is 0 Å². The predicted molar refractivity (Wildman–Crippen MR) is 115 cm³/mol. The fraction of sp³-hybridized carbons (Fsp3) is 0.875. The van der Waals surface area contributed by atoms with Crippen LogP contribution in [0, 0.1) is 11.8 Å². The van der Waals surface area contributed by atoms with Crippen molar-refractivity contribution < 1.29 is 33.6 Å². The molecule has 2 aliphatic heterocycles. The van der Waals surface area contributed by atoms with E-state index in [2.05, 4.69) is 12.2 Å². The van der Waals surface area contributed by atoms with Gasteiger partial charge in [-0.05, 0) is 51.4 Å². The van der Waals surface area contributed by atoms with Crippen molar-refractivity contribution in [1.29, 1.82) is 0 Å². The maximum absolute atomic E-state index is 11.3. The van der Waals surface area contributed by atoms with Crippen molar-refractivity contribution in [1.82, 2.24) is 0 Å². The summed E-state index contributed by atoms with van der Waals surface area (Å²) >= 11 is 0. The van der Waals surface area contributed by atoms with Crippen molar-refractivity contribution in [2.24, 2.45) is 11.8 Å². The first kappa shape index (κ1) is 24.8.